The van der Waals surface area contributed by atoms with Crippen molar-refractivity contribution in [1.29, 1.82) is 0 Å². The van der Waals surface area contributed by atoms with E-state index in [2.05, 4.69) is 22.3 Å². The molecule has 2 aromatic carbocycles. The van der Waals surface area contributed by atoms with Gasteiger partial charge in [0, 0.05) is 19.2 Å². The predicted octanol–water partition coefficient (Wildman–Crippen LogP) is 4.01. The second-order valence-corrected chi connectivity index (χ2v) is 6.73. The Kier molecular flexibility index (Phi) is 5.96. The Bertz CT molecular complexity index is 739. The molecule has 4 heteroatoms. The van der Waals surface area contributed by atoms with Crippen LogP contribution in [0, 0.1) is 5.92 Å². The maximum absolute atomic E-state index is 12.2. The highest BCUT2D eigenvalue weighted by Gasteiger charge is 2.25. The molecular formula is C21H22N2OS. The van der Waals surface area contributed by atoms with E-state index in [0.717, 1.165) is 18.7 Å². The Morgan fingerprint density at radius 3 is 2.36 bits per heavy atom. The van der Waals surface area contributed by atoms with Gasteiger partial charge in [-0.25, -0.2) is 0 Å². The molecule has 1 aliphatic rings. The summed E-state index contributed by atoms with van der Waals surface area (Å²) in [7, 11) is 0. The minimum atomic E-state index is -0.192. The van der Waals surface area contributed by atoms with Crippen molar-refractivity contribution >= 4 is 29.3 Å². The fourth-order valence-electron chi connectivity index (χ4n) is 2.60. The average Bonchev–Trinajstić information content (AvgIpc) is 3.45. The molecule has 0 bridgehead atoms. The van der Waals surface area contributed by atoms with E-state index in [9.17, 15) is 4.79 Å². The maximum Gasteiger partial charge on any atom is 0.250 e. The van der Waals surface area contributed by atoms with E-state index in [1.54, 1.807) is 6.08 Å². The van der Waals surface area contributed by atoms with Crippen LogP contribution in [0.4, 0.5) is 0 Å². The predicted molar refractivity (Wildman–Crippen MR) is 106 cm³/mol. The molecule has 3 nitrogen and oxygen atoms in total. The second kappa shape index (κ2) is 8.58. The summed E-state index contributed by atoms with van der Waals surface area (Å²) in [5.41, 5.74) is 2.18. The lowest BCUT2D eigenvalue weighted by Crippen LogP contribution is -2.42. The zero-order chi connectivity index (χ0) is 17.5. The third-order valence-corrected chi connectivity index (χ3v) is 4.50. The Balaban J connectivity index is 1.59. The van der Waals surface area contributed by atoms with Gasteiger partial charge in [0.25, 0.3) is 0 Å². The summed E-state index contributed by atoms with van der Waals surface area (Å²) in [6.45, 7) is 1.62. The van der Waals surface area contributed by atoms with Gasteiger partial charge in [-0.05, 0) is 48.2 Å². The summed E-state index contributed by atoms with van der Waals surface area (Å²) in [6.07, 6.45) is 5.81. The van der Waals surface area contributed by atoms with Crippen LogP contribution in [-0.4, -0.2) is 22.5 Å². The first-order chi connectivity index (χ1) is 12.2. The molecule has 1 fully saturated rings. The van der Waals surface area contributed by atoms with Crippen molar-refractivity contribution < 1.29 is 4.79 Å². The van der Waals surface area contributed by atoms with E-state index in [1.807, 2.05) is 48.5 Å². The molecule has 1 N–H and O–H groups in total. The third kappa shape index (κ3) is 5.84. The molecule has 0 radical (unpaired) electrons. The summed E-state index contributed by atoms with van der Waals surface area (Å²) >= 11 is 5.49. The minimum absolute atomic E-state index is 0.192. The summed E-state index contributed by atoms with van der Waals surface area (Å²) in [6, 6.07) is 20.0. The summed E-state index contributed by atoms with van der Waals surface area (Å²) < 4.78 is 0. The molecule has 1 amide bonds. The topological polar surface area (TPSA) is 32.3 Å². The Labute approximate surface area is 154 Å². The van der Waals surface area contributed by atoms with Gasteiger partial charge in [0.1, 0.15) is 0 Å². The molecule has 1 saturated carbocycles. The van der Waals surface area contributed by atoms with Crippen LogP contribution in [0.15, 0.2) is 66.7 Å². The normalized spacial score (nSPS) is 13.6. The number of hydrogen-bond donors (Lipinski definition) is 1. The van der Waals surface area contributed by atoms with E-state index < -0.39 is 0 Å². The Morgan fingerprint density at radius 2 is 1.72 bits per heavy atom. The number of nitrogens with zero attached hydrogens (tertiary/aromatic N) is 1. The molecule has 128 valence electrons. The summed E-state index contributed by atoms with van der Waals surface area (Å²) in [5.74, 6) is 0.501. The van der Waals surface area contributed by atoms with E-state index in [4.69, 9.17) is 12.2 Å². The molecule has 0 aromatic heterocycles. The minimum Gasteiger partial charge on any atom is -0.344 e. The van der Waals surface area contributed by atoms with Crippen molar-refractivity contribution in [3.05, 3.63) is 77.9 Å². The van der Waals surface area contributed by atoms with Gasteiger partial charge in [0.2, 0.25) is 5.91 Å². The summed E-state index contributed by atoms with van der Waals surface area (Å²) in [4.78, 5) is 14.3. The van der Waals surface area contributed by atoms with E-state index >= 15 is 0 Å². The molecule has 3 rings (SSSR count). The number of carbonyl (C=O) groups excluding carboxylic acids is 1. The van der Waals surface area contributed by atoms with Gasteiger partial charge in [0.15, 0.2) is 5.11 Å². The SMILES string of the molecule is O=C(/C=C/c1ccccc1)NC(=S)N(Cc1ccccc1)CC1CC1. The molecule has 0 unspecified atom stereocenters. The van der Waals surface area contributed by atoms with Gasteiger partial charge in [-0.2, -0.15) is 0 Å². The molecule has 1 aliphatic carbocycles. The van der Waals surface area contributed by atoms with Crippen LogP contribution < -0.4 is 5.32 Å². The molecule has 0 atom stereocenters. The van der Waals surface area contributed by atoms with Crippen LogP contribution in [0.1, 0.15) is 24.0 Å². The van der Waals surface area contributed by atoms with Crippen molar-refractivity contribution in [1.82, 2.24) is 10.2 Å². The smallest absolute Gasteiger partial charge is 0.250 e. The molecule has 0 aliphatic heterocycles. The highest BCUT2D eigenvalue weighted by atomic mass is 32.1. The first-order valence-electron chi connectivity index (χ1n) is 8.57. The lowest BCUT2D eigenvalue weighted by atomic mass is 10.2. The number of hydrogen-bond acceptors (Lipinski definition) is 2. The van der Waals surface area contributed by atoms with Crippen LogP contribution in [0.2, 0.25) is 0 Å². The first kappa shape index (κ1) is 17.4. The highest BCUT2D eigenvalue weighted by Crippen LogP contribution is 2.30. The van der Waals surface area contributed by atoms with Crippen LogP contribution >= 0.6 is 12.2 Å². The first-order valence-corrected chi connectivity index (χ1v) is 8.98. The molecule has 25 heavy (non-hydrogen) atoms. The quantitative estimate of drug-likeness (QED) is 0.631. The van der Waals surface area contributed by atoms with E-state index in [-0.39, 0.29) is 5.91 Å². The fraction of sp³-hybridized carbons (Fsp3) is 0.238. The number of carbonyl (C=O) groups is 1. The molecule has 0 saturated heterocycles. The standard InChI is InChI=1S/C21H22N2OS/c24-20(14-13-17-7-3-1-4-8-17)22-21(25)23(16-19-11-12-19)15-18-9-5-2-6-10-18/h1-10,13-14,19H,11-12,15-16H2,(H,22,24,25)/b14-13+. The number of benzene rings is 2. The number of rotatable bonds is 6. The lowest BCUT2D eigenvalue weighted by molar-refractivity contribution is -0.115. The largest absolute Gasteiger partial charge is 0.344 e. The monoisotopic (exact) mass is 350 g/mol. The highest BCUT2D eigenvalue weighted by molar-refractivity contribution is 7.80. The van der Waals surface area contributed by atoms with E-state index in [0.29, 0.717) is 11.0 Å². The average molecular weight is 350 g/mol. The zero-order valence-electron chi connectivity index (χ0n) is 14.1. The van der Waals surface area contributed by atoms with Crippen molar-refractivity contribution in [2.24, 2.45) is 5.92 Å². The van der Waals surface area contributed by atoms with Crippen LogP contribution in [0.5, 0.6) is 0 Å². The third-order valence-electron chi connectivity index (χ3n) is 4.14. The van der Waals surface area contributed by atoms with E-state index in [1.165, 1.54) is 24.5 Å². The van der Waals surface area contributed by atoms with Gasteiger partial charge < -0.3 is 4.90 Å². The van der Waals surface area contributed by atoms with Crippen molar-refractivity contribution in [2.45, 2.75) is 19.4 Å². The van der Waals surface area contributed by atoms with Crippen LogP contribution in [-0.2, 0) is 11.3 Å². The Morgan fingerprint density at radius 1 is 1.08 bits per heavy atom. The van der Waals surface area contributed by atoms with Gasteiger partial charge in [-0.3, -0.25) is 10.1 Å². The number of thiocarbonyl (C=S) groups is 1. The molecule has 2 aromatic rings. The molecule has 0 heterocycles. The fourth-order valence-corrected chi connectivity index (χ4v) is 2.84. The van der Waals surface area contributed by atoms with Crippen LogP contribution in [0.3, 0.4) is 0 Å². The van der Waals surface area contributed by atoms with Gasteiger partial charge in [0.05, 0.1) is 0 Å². The molecular weight excluding hydrogens is 328 g/mol. The maximum atomic E-state index is 12.2. The van der Waals surface area contributed by atoms with Crippen molar-refractivity contribution in [2.75, 3.05) is 6.54 Å². The lowest BCUT2D eigenvalue weighted by Gasteiger charge is -2.25. The second-order valence-electron chi connectivity index (χ2n) is 6.35. The van der Waals surface area contributed by atoms with Crippen molar-refractivity contribution in [3.8, 4) is 0 Å². The van der Waals surface area contributed by atoms with Gasteiger partial charge in [-0.1, -0.05) is 60.7 Å². The van der Waals surface area contributed by atoms with Gasteiger partial charge in [-0.15, -0.1) is 0 Å². The van der Waals surface area contributed by atoms with Crippen LogP contribution in [0.25, 0.3) is 6.08 Å². The number of nitrogens with one attached hydrogen (secondary N) is 1. The molecule has 0 spiro atoms. The van der Waals surface area contributed by atoms with Gasteiger partial charge >= 0.3 is 0 Å². The Hall–Kier alpha value is -2.46. The summed E-state index contributed by atoms with van der Waals surface area (Å²) in [5, 5.41) is 3.33. The number of amides is 1. The van der Waals surface area contributed by atoms with Crippen molar-refractivity contribution in [3.63, 3.8) is 0 Å². The zero-order valence-corrected chi connectivity index (χ0v) is 14.9.